The van der Waals surface area contributed by atoms with E-state index >= 15 is 0 Å². The van der Waals surface area contributed by atoms with Crippen LogP contribution < -0.4 is 10.2 Å². The van der Waals surface area contributed by atoms with Gasteiger partial charge in [0.05, 0.1) is 5.39 Å². The van der Waals surface area contributed by atoms with E-state index < -0.39 is 0 Å². The average molecular weight is 325 g/mol. The highest BCUT2D eigenvalue weighted by Gasteiger charge is 2.25. The van der Waals surface area contributed by atoms with Crippen LogP contribution in [0.15, 0.2) is 36.0 Å². The smallest absolute Gasteiger partial charge is 0.140 e. The lowest BCUT2D eigenvalue weighted by Crippen LogP contribution is -2.23. The van der Waals surface area contributed by atoms with Gasteiger partial charge in [0, 0.05) is 25.3 Å². The average Bonchev–Trinajstić information content (AvgIpc) is 3.22. The minimum Gasteiger partial charge on any atom is -0.370 e. The molecule has 4 rings (SSSR count). The maximum atomic E-state index is 4.51. The Balaban J connectivity index is 1.42. The molecule has 0 unspecified atom stereocenters. The van der Waals surface area contributed by atoms with Gasteiger partial charge in [-0.3, -0.25) is 0 Å². The number of thiophene rings is 1. The molecule has 3 aromatic heterocycles. The zero-order valence-electron chi connectivity index (χ0n) is 13.1. The van der Waals surface area contributed by atoms with Crippen molar-refractivity contribution in [3.63, 3.8) is 0 Å². The van der Waals surface area contributed by atoms with Gasteiger partial charge < -0.3 is 10.2 Å². The maximum Gasteiger partial charge on any atom is 0.140 e. The molecule has 1 N–H and O–H groups in total. The van der Waals surface area contributed by atoms with Crippen molar-refractivity contribution in [2.45, 2.75) is 13.3 Å². The molecule has 4 heterocycles. The zero-order chi connectivity index (χ0) is 15.6. The molecular weight excluding hydrogens is 306 g/mol. The third kappa shape index (κ3) is 2.99. The molecule has 1 aliphatic rings. The van der Waals surface area contributed by atoms with E-state index in [1.165, 1.54) is 11.8 Å². The molecule has 0 aliphatic carbocycles. The van der Waals surface area contributed by atoms with Crippen molar-refractivity contribution in [2.24, 2.45) is 5.92 Å². The van der Waals surface area contributed by atoms with Crippen LogP contribution >= 0.6 is 11.3 Å². The SMILES string of the molecule is Cc1cccc(NC[C@H]2CCN(c3ncnc4sccc34)C2)n1. The van der Waals surface area contributed by atoms with Gasteiger partial charge in [0.15, 0.2) is 0 Å². The van der Waals surface area contributed by atoms with Gasteiger partial charge in [0.1, 0.15) is 22.8 Å². The fourth-order valence-corrected chi connectivity index (χ4v) is 3.84. The van der Waals surface area contributed by atoms with Gasteiger partial charge in [-0.1, -0.05) is 6.07 Å². The minimum absolute atomic E-state index is 0.612. The van der Waals surface area contributed by atoms with E-state index in [0.717, 1.165) is 41.8 Å². The highest BCUT2D eigenvalue weighted by Crippen LogP contribution is 2.30. The van der Waals surface area contributed by atoms with Crippen molar-refractivity contribution in [3.05, 3.63) is 41.7 Å². The third-order valence-electron chi connectivity index (χ3n) is 4.29. The Kier molecular flexibility index (Phi) is 3.83. The van der Waals surface area contributed by atoms with Gasteiger partial charge in [-0.2, -0.15) is 0 Å². The second kappa shape index (κ2) is 6.12. The molecule has 5 nitrogen and oxygen atoms in total. The van der Waals surface area contributed by atoms with Crippen molar-refractivity contribution < 1.29 is 0 Å². The maximum absolute atomic E-state index is 4.51. The number of nitrogens with one attached hydrogen (secondary N) is 1. The number of pyridine rings is 1. The van der Waals surface area contributed by atoms with Crippen molar-refractivity contribution in [1.82, 2.24) is 15.0 Å². The Morgan fingerprint density at radius 1 is 1.30 bits per heavy atom. The first-order valence-corrected chi connectivity index (χ1v) is 8.78. The molecule has 0 bridgehead atoms. The number of fused-ring (bicyclic) bond motifs is 1. The summed E-state index contributed by atoms with van der Waals surface area (Å²) in [6.07, 6.45) is 2.85. The van der Waals surface area contributed by atoms with E-state index in [9.17, 15) is 0 Å². The second-order valence-corrected chi connectivity index (χ2v) is 6.88. The van der Waals surface area contributed by atoms with Gasteiger partial charge in [-0.05, 0) is 42.8 Å². The lowest BCUT2D eigenvalue weighted by molar-refractivity contribution is 0.621. The summed E-state index contributed by atoms with van der Waals surface area (Å²) in [6, 6.07) is 8.21. The van der Waals surface area contributed by atoms with Crippen molar-refractivity contribution in [3.8, 4) is 0 Å². The van der Waals surface area contributed by atoms with Gasteiger partial charge in [0.2, 0.25) is 0 Å². The molecule has 0 aromatic carbocycles. The minimum atomic E-state index is 0.612. The van der Waals surface area contributed by atoms with Gasteiger partial charge in [0.25, 0.3) is 0 Å². The molecule has 1 aliphatic heterocycles. The summed E-state index contributed by atoms with van der Waals surface area (Å²) in [7, 11) is 0. The molecule has 1 saturated heterocycles. The van der Waals surface area contributed by atoms with Crippen LogP contribution in [0.5, 0.6) is 0 Å². The number of rotatable bonds is 4. The summed E-state index contributed by atoms with van der Waals surface area (Å²) in [5, 5.41) is 6.72. The number of hydrogen-bond donors (Lipinski definition) is 1. The molecule has 0 saturated carbocycles. The lowest BCUT2D eigenvalue weighted by atomic mass is 10.1. The topological polar surface area (TPSA) is 53.9 Å². The largest absolute Gasteiger partial charge is 0.370 e. The van der Waals surface area contributed by atoms with Crippen LogP contribution in [-0.4, -0.2) is 34.6 Å². The Bertz CT molecular complexity index is 815. The first kappa shape index (κ1) is 14.4. The lowest BCUT2D eigenvalue weighted by Gasteiger charge is -2.18. The second-order valence-electron chi connectivity index (χ2n) is 5.98. The Morgan fingerprint density at radius 3 is 3.17 bits per heavy atom. The van der Waals surface area contributed by atoms with Crippen LogP contribution in [0.25, 0.3) is 10.2 Å². The summed E-state index contributed by atoms with van der Waals surface area (Å²) >= 11 is 1.67. The molecule has 0 radical (unpaired) electrons. The summed E-state index contributed by atoms with van der Waals surface area (Å²) in [6.45, 7) is 5.05. The standard InChI is InChI=1S/C17H19N5S/c1-12-3-2-4-15(21-12)18-9-13-5-7-22(10-13)16-14-6-8-23-17(14)20-11-19-16/h2-4,6,8,11,13H,5,7,9-10H2,1H3,(H,18,21)/t13-/m1/s1. The zero-order valence-corrected chi connectivity index (χ0v) is 13.9. The Labute approximate surface area is 139 Å². The quantitative estimate of drug-likeness (QED) is 0.797. The first-order chi connectivity index (χ1) is 11.3. The van der Waals surface area contributed by atoms with E-state index in [1.54, 1.807) is 17.7 Å². The summed E-state index contributed by atoms with van der Waals surface area (Å²) in [5.41, 5.74) is 1.05. The molecule has 0 amide bonds. The van der Waals surface area contributed by atoms with Crippen molar-refractivity contribution in [1.29, 1.82) is 0 Å². The monoisotopic (exact) mass is 325 g/mol. The van der Waals surface area contributed by atoms with E-state index in [4.69, 9.17) is 0 Å². The fraction of sp³-hybridized carbons (Fsp3) is 0.353. The van der Waals surface area contributed by atoms with E-state index in [-0.39, 0.29) is 0 Å². The molecule has 23 heavy (non-hydrogen) atoms. The number of aryl methyl sites for hydroxylation is 1. The predicted octanol–water partition coefficient (Wildman–Crippen LogP) is 3.33. The Morgan fingerprint density at radius 2 is 2.26 bits per heavy atom. The van der Waals surface area contributed by atoms with Crippen LogP contribution in [0.2, 0.25) is 0 Å². The van der Waals surface area contributed by atoms with Gasteiger partial charge in [-0.25, -0.2) is 15.0 Å². The van der Waals surface area contributed by atoms with Crippen LogP contribution in [0.3, 0.4) is 0 Å². The van der Waals surface area contributed by atoms with Crippen LogP contribution in [-0.2, 0) is 0 Å². The first-order valence-electron chi connectivity index (χ1n) is 7.90. The Hall–Kier alpha value is -2.21. The van der Waals surface area contributed by atoms with Gasteiger partial charge >= 0.3 is 0 Å². The molecule has 0 spiro atoms. The fourth-order valence-electron chi connectivity index (χ4n) is 3.11. The van der Waals surface area contributed by atoms with E-state index in [0.29, 0.717) is 5.92 Å². The molecule has 1 fully saturated rings. The van der Waals surface area contributed by atoms with Crippen LogP contribution in [0, 0.1) is 12.8 Å². The number of nitrogens with zero attached hydrogens (tertiary/aromatic N) is 4. The van der Waals surface area contributed by atoms with Gasteiger partial charge in [-0.15, -0.1) is 11.3 Å². The summed E-state index contributed by atoms with van der Waals surface area (Å²) < 4.78 is 0. The molecule has 118 valence electrons. The van der Waals surface area contributed by atoms with Crippen molar-refractivity contribution in [2.75, 3.05) is 29.9 Å². The molecular formula is C17H19N5S. The highest BCUT2D eigenvalue weighted by molar-refractivity contribution is 7.16. The number of aromatic nitrogens is 3. The summed E-state index contributed by atoms with van der Waals surface area (Å²) in [4.78, 5) is 16.8. The van der Waals surface area contributed by atoms with Crippen LogP contribution in [0.1, 0.15) is 12.1 Å². The molecule has 3 aromatic rings. The van der Waals surface area contributed by atoms with Crippen LogP contribution in [0.4, 0.5) is 11.6 Å². The summed E-state index contributed by atoms with van der Waals surface area (Å²) in [5.74, 6) is 2.65. The number of hydrogen-bond acceptors (Lipinski definition) is 6. The van der Waals surface area contributed by atoms with Crippen molar-refractivity contribution >= 4 is 33.2 Å². The number of anilines is 2. The predicted molar refractivity (Wildman–Crippen MR) is 95.2 cm³/mol. The van der Waals surface area contributed by atoms with E-state index in [2.05, 4.69) is 36.6 Å². The van der Waals surface area contributed by atoms with E-state index in [1.807, 2.05) is 25.1 Å². The normalized spacial score (nSPS) is 17.8. The highest BCUT2D eigenvalue weighted by atomic mass is 32.1. The molecule has 6 heteroatoms. The molecule has 1 atom stereocenters. The third-order valence-corrected chi connectivity index (χ3v) is 5.11.